The molecule has 11 heteroatoms. The number of halogens is 3. The SMILES string of the molecule is Cn1c(-c2cccc(C(F)(F)F)c2)nc2c(C(=O)Nc3cccc(OCCCO)n3)cccc2c1=O. The molecular weight excluding hydrogens is 477 g/mol. The Morgan fingerprint density at radius 2 is 1.83 bits per heavy atom. The normalized spacial score (nSPS) is 11.5. The molecule has 186 valence electrons. The van der Waals surface area contributed by atoms with Crippen molar-refractivity contribution < 1.29 is 27.8 Å². The third kappa shape index (κ3) is 5.20. The number of hydrogen-bond acceptors (Lipinski definition) is 6. The number of para-hydroxylation sites is 1. The zero-order valence-electron chi connectivity index (χ0n) is 19.0. The van der Waals surface area contributed by atoms with Crippen molar-refractivity contribution in [2.75, 3.05) is 18.5 Å². The summed E-state index contributed by atoms with van der Waals surface area (Å²) in [5.74, 6) is -0.203. The molecule has 0 bridgehead atoms. The second-order valence-electron chi connectivity index (χ2n) is 7.82. The second kappa shape index (κ2) is 10.2. The number of aliphatic hydroxyl groups excluding tert-OH is 1. The van der Waals surface area contributed by atoms with Gasteiger partial charge in [0.25, 0.3) is 11.5 Å². The van der Waals surface area contributed by atoms with E-state index in [4.69, 9.17) is 9.84 Å². The van der Waals surface area contributed by atoms with Crippen LogP contribution in [0.1, 0.15) is 22.3 Å². The quantitative estimate of drug-likeness (QED) is 0.373. The van der Waals surface area contributed by atoms with Crippen molar-refractivity contribution in [1.82, 2.24) is 14.5 Å². The summed E-state index contributed by atoms with van der Waals surface area (Å²) in [5.41, 5.74) is -1.23. The van der Waals surface area contributed by atoms with Crippen LogP contribution >= 0.6 is 0 Å². The first-order chi connectivity index (χ1) is 17.2. The van der Waals surface area contributed by atoms with Crippen LogP contribution in [0.2, 0.25) is 0 Å². The van der Waals surface area contributed by atoms with E-state index in [0.717, 1.165) is 16.7 Å². The lowest BCUT2D eigenvalue weighted by Crippen LogP contribution is -2.22. The van der Waals surface area contributed by atoms with Crippen molar-refractivity contribution in [3.63, 3.8) is 0 Å². The predicted octanol–water partition coefficient (Wildman–Crippen LogP) is 4.03. The fourth-order valence-corrected chi connectivity index (χ4v) is 3.56. The van der Waals surface area contributed by atoms with Crippen molar-refractivity contribution in [1.29, 1.82) is 0 Å². The Kier molecular flexibility index (Phi) is 7.02. The molecule has 1 amide bonds. The van der Waals surface area contributed by atoms with E-state index < -0.39 is 23.2 Å². The summed E-state index contributed by atoms with van der Waals surface area (Å²) in [6, 6.07) is 13.7. The van der Waals surface area contributed by atoms with Gasteiger partial charge in [-0.3, -0.25) is 14.2 Å². The number of carbonyl (C=O) groups excluding carboxylic acids is 1. The van der Waals surface area contributed by atoms with Crippen molar-refractivity contribution >= 4 is 22.6 Å². The maximum absolute atomic E-state index is 13.2. The fourth-order valence-electron chi connectivity index (χ4n) is 3.56. The van der Waals surface area contributed by atoms with Crippen LogP contribution in [-0.2, 0) is 13.2 Å². The van der Waals surface area contributed by atoms with Crippen molar-refractivity contribution in [2.45, 2.75) is 12.6 Å². The molecule has 36 heavy (non-hydrogen) atoms. The van der Waals surface area contributed by atoms with E-state index in [1.807, 2.05) is 0 Å². The van der Waals surface area contributed by atoms with Gasteiger partial charge in [-0.25, -0.2) is 4.98 Å². The highest BCUT2D eigenvalue weighted by atomic mass is 19.4. The Morgan fingerprint density at radius 1 is 1.08 bits per heavy atom. The molecule has 0 aliphatic carbocycles. The highest BCUT2D eigenvalue weighted by Gasteiger charge is 2.31. The van der Waals surface area contributed by atoms with Crippen LogP contribution in [0.3, 0.4) is 0 Å². The van der Waals surface area contributed by atoms with Crippen LogP contribution in [0.25, 0.3) is 22.3 Å². The number of nitrogens with one attached hydrogen (secondary N) is 1. The molecule has 4 aromatic rings. The third-order valence-electron chi connectivity index (χ3n) is 5.32. The average Bonchev–Trinajstić information content (AvgIpc) is 2.86. The molecule has 4 rings (SSSR count). The van der Waals surface area contributed by atoms with Gasteiger partial charge in [-0.05, 0) is 30.3 Å². The molecule has 2 aromatic carbocycles. The Labute approximate surface area is 203 Å². The van der Waals surface area contributed by atoms with E-state index in [1.54, 1.807) is 18.2 Å². The number of alkyl halides is 3. The number of nitrogens with zero attached hydrogens (tertiary/aromatic N) is 3. The first kappa shape index (κ1) is 24.9. The smallest absolute Gasteiger partial charge is 0.416 e. The minimum absolute atomic E-state index is 0.0174. The highest BCUT2D eigenvalue weighted by molar-refractivity contribution is 6.11. The lowest BCUT2D eigenvalue weighted by Gasteiger charge is -2.13. The molecule has 2 heterocycles. The van der Waals surface area contributed by atoms with Crippen molar-refractivity contribution in [3.8, 4) is 17.3 Å². The number of aliphatic hydroxyl groups is 1. The Morgan fingerprint density at radius 3 is 2.58 bits per heavy atom. The van der Waals surface area contributed by atoms with Gasteiger partial charge in [0.2, 0.25) is 5.88 Å². The number of rotatable bonds is 7. The van der Waals surface area contributed by atoms with Crippen LogP contribution in [0.15, 0.2) is 65.5 Å². The van der Waals surface area contributed by atoms with Crippen LogP contribution in [0.4, 0.5) is 19.0 Å². The zero-order valence-corrected chi connectivity index (χ0v) is 19.0. The van der Waals surface area contributed by atoms with Gasteiger partial charge in [0.05, 0.1) is 28.6 Å². The van der Waals surface area contributed by atoms with Crippen molar-refractivity contribution in [2.24, 2.45) is 7.05 Å². The zero-order chi connectivity index (χ0) is 25.9. The number of benzene rings is 2. The summed E-state index contributed by atoms with van der Waals surface area (Å²) >= 11 is 0. The highest BCUT2D eigenvalue weighted by Crippen LogP contribution is 2.32. The molecule has 0 radical (unpaired) electrons. The number of carbonyl (C=O) groups is 1. The van der Waals surface area contributed by atoms with Crippen LogP contribution in [-0.4, -0.2) is 38.8 Å². The van der Waals surface area contributed by atoms with E-state index in [2.05, 4.69) is 15.3 Å². The van der Waals surface area contributed by atoms with E-state index >= 15 is 0 Å². The molecule has 8 nitrogen and oxygen atoms in total. The molecule has 0 atom stereocenters. The van der Waals surface area contributed by atoms with Gasteiger partial charge in [-0.15, -0.1) is 0 Å². The first-order valence-corrected chi connectivity index (χ1v) is 10.9. The van der Waals surface area contributed by atoms with E-state index in [-0.39, 0.29) is 52.8 Å². The minimum Gasteiger partial charge on any atom is -0.478 e. The lowest BCUT2D eigenvalue weighted by molar-refractivity contribution is -0.137. The van der Waals surface area contributed by atoms with Crippen molar-refractivity contribution in [3.05, 3.63) is 82.1 Å². The molecular formula is C25H21F3N4O4. The summed E-state index contributed by atoms with van der Waals surface area (Å²) in [4.78, 5) is 34.8. The topological polar surface area (TPSA) is 106 Å². The Hall–Kier alpha value is -4.25. The second-order valence-corrected chi connectivity index (χ2v) is 7.82. The number of aromatic nitrogens is 3. The van der Waals surface area contributed by atoms with E-state index in [0.29, 0.717) is 6.42 Å². The van der Waals surface area contributed by atoms with E-state index in [9.17, 15) is 22.8 Å². The molecule has 0 aliphatic heterocycles. The standard InChI is InChI=1S/C25H21F3N4O4/c1-32-22(15-6-2-7-16(14-15)25(26,27)28)31-21-17(8-3-9-18(21)24(32)35)23(34)30-19-10-4-11-20(29-19)36-13-5-12-33/h2-4,6-11,14,33H,5,12-13H2,1H3,(H,29,30,34). The summed E-state index contributed by atoms with van der Waals surface area (Å²) in [6.07, 6.45) is -4.15. The lowest BCUT2D eigenvalue weighted by atomic mass is 10.1. The fraction of sp³-hybridized carbons (Fsp3) is 0.200. The van der Waals surface area contributed by atoms with Gasteiger partial charge < -0.3 is 15.2 Å². The number of fused-ring (bicyclic) bond motifs is 1. The molecule has 0 unspecified atom stereocenters. The summed E-state index contributed by atoms with van der Waals surface area (Å²) < 4.78 is 46.3. The van der Waals surface area contributed by atoms with Gasteiger partial charge >= 0.3 is 6.18 Å². The number of anilines is 1. The Balaban J connectivity index is 1.74. The molecule has 0 saturated carbocycles. The Bertz CT molecular complexity index is 1480. The first-order valence-electron chi connectivity index (χ1n) is 10.9. The van der Waals surface area contributed by atoms with Crippen LogP contribution in [0.5, 0.6) is 5.88 Å². The van der Waals surface area contributed by atoms with Gasteiger partial charge in [0.15, 0.2) is 0 Å². The maximum atomic E-state index is 13.2. The van der Waals surface area contributed by atoms with Crippen LogP contribution in [0, 0.1) is 0 Å². The predicted molar refractivity (Wildman–Crippen MR) is 127 cm³/mol. The molecule has 0 saturated heterocycles. The largest absolute Gasteiger partial charge is 0.478 e. The van der Waals surface area contributed by atoms with Gasteiger partial charge in [0, 0.05) is 31.7 Å². The average molecular weight is 498 g/mol. The monoisotopic (exact) mass is 498 g/mol. The summed E-state index contributed by atoms with van der Waals surface area (Å²) in [7, 11) is 1.41. The molecule has 2 N–H and O–H groups in total. The summed E-state index contributed by atoms with van der Waals surface area (Å²) in [6.45, 7) is 0.211. The molecule has 0 spiro atoms. The molecule has 0 aliphatic rings. The number of hydrogen-bond donors (Lipinski definition) is 2. The molecule has 0 fully saturated rings. The number of ether oxygens (including phenoxy) is 1. The van der Waals surface area contributed by atoms with E-state index in [1.165, 1.54) is 37.4 Å². The third-order valence-corrected chi connectivity index (χ3v) is 5.32. The number of pyridine rings is 1. The van der Waals surface area contributed by atoms with Gasteiger partial charge in [-0.1, -0.05) is 24.3 Å². The maximum Gasteiger partial charge on any atom is 0.416 e. The van der Waals surface area contributed by atoms with Gasteiger partial charge in [-0.2, -0.15) is 18.2 Å². The number of amides is 1. The molecule has 2 aromatic heterocycles. The minimum atomic E-state index is -4.57. The van der Waals surface area contributed by atoms with Crippen LogP contribution < -0.4 is 15.6 Å². The summed E-state index contributed by atoms with van der Waals surface area (Å²) in [5, 5.41) is 11.6. The van der Waals surface area contributed by atoms with Gasteiger partial charge in [0.1, 0.15) is 11.6 Å².